The minimum atomic E-state index is 0.277. The summed E-state index contributed by atoms with van der Waals surface area (Å²) in [7, 11) is 3.84. The van der Waals surface area contributed by atoms with Crippen LogP contribution in [-0.4, -0.2) is 26.6 Å². The molecule has 0 aliphatic rings. The van der Waals surface area contributed by atoms with Crippen LogP contribution in [0.1, 0.15) is 16.8 Å². The van der Waals surface area contributed by atoms with E-state index in [2.05, 4.69) is 27.9 Å². The third kappa shape index (κ3) is 4.89. The maximum absolute atomic E-state index is 6.52. The number of benzene rings is 1. The standard InChI is InChI=1S/C25H24ClN5OS/c1-5-7-21(27-3)18-12-16(2)30-24-17(18)8-6-9-22(24)32-15-19-20(26)13-28-14-23(19)33-25-29-10-11-31(25)4/h5-14,27H,1,15H2,2-4H3/b21-7-. The third-order valence-electron chi connectivity index (χ3n) is 5.09. The van der Waals surface area contributed by atoms with Crippen LogP contribution in [0.2, 0.25) is 5.02 Å². The minimum Gasteiger partial charge on any atom is -0.487 e. The lowest BCUT2D eigenvalue weighted by atomic mass is 10.0. The van der Waals surface area contributed by atoms with Gasteiger partial charge in [0, 0.05) is 71.7 Å². The van der Waals surface area contributed by atoms with Gasteiger partial charge < -0.3 is 14.6 Å². The normalized spacial score (nSPS) is 11.6. The molecule has 3 aromatic heterocycles. The second-order valence-electron chi connectivity index (χ2n) is 7.34. The maximum Gasteiger partial charge on any atom is 0.172 e. The Morgan fingerprint density at radius 2 is 2.18 bits per heavy atom. The Morgan fingerprint density at radius 1 is 1.33 bits per heavy atom. The van der Waals surface area contributed by atoms with Crippen LogP contribution in [0, 0.1) is 6.92 Å². The van der Waals surface area contributed by atoms with Crippen molar-refractivity contribution in [3.05, 3.63) is 89.6 Å². The fourth-order valence-corrected chi connectivity index (χ4v) is 4.68. The minimum absolute atomic E-state index is 0.277. The fraction of sp³-hybridized carbons (Fsp3) is 0.160. The van der Waals surface area contributed by atoms with E-state index in [0.29, 0.717) is 10.8 Å². The summed E-state index contributed by atoms with van der Waals surface area (Å²) in [5, 5.41) is 5.63. The van der Waals surface area contributed by atoms with Gasteiger partial charge in [-0.15, -0.1) is 0 Å². The molecule has 0 bridgehead atoms. The number of imidazole rings is 1. The van der Waals surface area contributed by atoms with Gasteiger partial charge in [0.1, 0.15) is 17.9 Å². The number of ether oxygens (including phenoxy) is 1. The number of nitrogens with one attached hydrogen (secondary N) is 1. The van der Waals surface area contributed by atoms with Crippen molar-refractivity contribution in [1.82, 2.24) is 24.8 Å². The SMILES string of the molecule is C=C/C=C(\NC)c1cc(C)nc2c(OCc3c(Cl)cncc3Sc3nccn3C)cccc12. The first-order valence-corrected chi connectivity index (χ1v) is 11.5. The molecule has 6 nitrogen and oxygen atoms in total. The molecule has 3 heterocycles. The molecule has 1 aromatic carbocycles. The van der Waals surface area contributed by atoms with Gasteiger partial charge in [-0.3, -0.25) is 4.98 Å². The van der Waals surface area contributed by atoms with Crippen molar-refractivity contribution in [2.75, 3.05) is 7.05 Å². The molecule has 0 radical (unpaired) electrons. The summed E-state index contributed by atoms with van der Waals surface area (Å²) in [6.07, 6.45) is 10.8. The predicted molar refractivity (Wildman–Crippen MR) is 135 cm³/mol. The summed E-state index contributed by atoms with van der Waals surface area (Å²) in [5.41, 5.74) is 4.54. The van der Waals surface area contributed by atoms with E-state index in [-0.39, 0.29) is 6.61 Å². The zero-order valence-corrected chi connectivity index (χ0v) is 20.2. The van der Waals surface area contributed by atoms with Crippen molar-refractivity contribution in [2.45, 2.75) is 23.6 Å². The van der Waals surface area contributed by atoms with Crippen LogP contribution in [0.5, 0.6) is 5.75 Å². The Morgan fingerprint density at radius 3 is 2.91 bits per heavy atom. The molecule has 168 valence electrons. The second-order valence-corrected chi connectivity index (χ2v) is 8.76. The first-order chi connectivity index (χ1) is 16.0. The lowest BCUT2D eigenvalue weighted by molar-refractivity contribution is 0.306. The Hall–Kier alpha value is -3.29. The molecule has 0 saturated carbocycles. The van der Waals surface area contributed by atoms with Crippen LogP contribution in [0.3, 0.4) is 0 Å². The van der Waals surface area contributed by atoms with Crippen molar-refractivity contribution in [1.29, 1.82) is 0 Å². The zero-order valence-electron chi connectivity index (χ0n) is 18.7. The third-order valence-corrected chi connectivity index (χ3v) is 6.56. The Bertz CT molecular complexity index is 1350. The molecule has 0 atom stereocenters. The molecule has 8 heteroatoms. The predicted octanol–water partition coefficient (Wildman–Crippen LogP) is 5.80. The van der Waals surface area contributed by atoms with Crippen LogP contribution in [0.15, 0.2) is 77.8 Å². The molecule has 4 aromatic rings. The molecule has 4 rings (SSSR count). The summed E-state index contributed by atoms with van der Waals surface area (Å²) in [6.45, 7) is 6.07. The average molecular weight is 478 g/mol. The van der Waals surface area contributed by atoms with E-state index in [9.17, 15) is 0 Å². The van der Waals surface area contributed by atoms with Gasteiger partial charge in [0.25, 0.3) is 0 Å². The van der Waals surface area contributed by atoms with E-state index in [1.165, 1.54) is 11.8 Å². The topological polar surface area (TPSA) is 64.9 Å². The Balaban J connectivity index is 1.70. The number of halogens is 1. The van der Waals surface area contributed by atoms with Crippen molar-refractivity contribution in [3.63, 3.8) is 0 Å². The fourth-order valence-electron chi connectivity index (χ4n) is 3.49. The van der Waals surface area contributed by atoms with Crippen molar-refractivity contribution < 1.29 is 4.74 Å². The number of pyridine rings is 2. The van der Waals surface area contributed by atoms with E-state index in [0.717, 1.165) is 43.5 Å². The molecule has 0 unspecified atom stereocenters. The number of fused-ring (bicyclic) bond motifs is 1. The quantitative estimate of drug-likeness (QED) is 0.323. The van der Waals surface area contributed by atoms with E-state index in [4.69, 9.17) is 21.3 Å². The van der Waals surface area contributed by atoms with Crippen molar-refractivity contribution in [2.24, 2.45) is 7.05 Å². The Kier molecular flexibility index (Phi) is 7.01. The molecular formula is C25H24ClN5OS. The monoisotopic (exact) mass is 477 g/mol. The summed E-state index contributed by atoms with van der Waals surface area (Å²) in [4.78, 5) is 14.3. The van der Waals surface area contributed by atoms with E-state index in [1.807, 2.05) is 56.1 Å². The summed E-state index contributed by atoms with van der Waals surface area (Å²) in [6, 6.07) is 7.99. The largest absolute Gasteiger partial charge is 0.487 e. The van der Waals surface area contributed by atoms with Gasteiger partial charge in [-0.1, -0.05) is 36.4 Å². The lowest BCUT2D eigenvalue weighted by Crippen LogP contribution is -2.06. The van der Waals surface area contributed by atoms with Gasteiger partial charge in [-0.25, -0.2) is 9.97 Å². The number of aromatic nitrogens is 4. The molecule has 0 amide bonds. The van der Waals surface area contributed by atoms with Gasteiger partial charge in [-0.05, 0) is 36.9 Å². The highest BCUT2D eigenvalue weighted by atomic mass is 35.5. The summed E-state index contributed by atoms with van der Waals surface area (Å²) in [5.74, 6) is 0.687. The van der Waals surface area contributed by atoms with Gasteiger partial charge >= 0.3 is 0 Å². The van der Waals surface area contributed by atoms with Crippen molar-refractivity contribution >= 4 is 40.0 Å². The molecule has 0 aliphatic carbocycles. The van der Waals surface area contributed by atoms with Crippen LogP contribution in [0.4, 0.5) is 0 Å². The van der Waals surface area contributed by atoms with Gasteiger partial charge in [0.05, 0.1) is 5.02 Å². The first-order valence-electron chi connectivity index (χ1n) is 10.3. The number of aryl methyl sites for hydroxylation is 2. The number of hydrogen-bond donors (Lipinski definition) is 1. The number of hydrogen-bond acceptors (Lipinski definition) is 6. The second kappa shape index (κ2) is 10.1. The highest BCUT2D eigenvalue weighted by Crippen LogP contribution is 2.34. The maximum atomic E-state index is 6.52. The first kappa shape index (κ1) is 22.9. The highest BCUT2D eigenvalue weighted by Gasteiger charge is 2.15. The molecule has 0 spiro atoms. The number of nitrogens with zero attached hydrogens (tertiary/aromatic N) is 4. The molecule has 33 heavy (non-hydrogen) atoms. The zero-order chi connectivity index (χ0) is 23.4. The van der Waals surface area contributed by atoms with Gasteiger partial charge in [0.15, 0.2) is 5.16 Å². The van der Waals surface area contributed by atoms with Crippen LogP contribution >= 0.6 is 23.4 Å². The molecule has 0 fully saturated rings. The number of allylic oxidation sites excluding steroid dienone is 2. The van der Waals surface area contributed by atoms with Crippen LogP contribution < -0.4 is 10.1 Å². The average Bonchev–Trinajstić information content (AvgIpc) is 3.21. The molecular weight excluding hydrogens is 454 g/mol. The smallest absolute Gasteiger partial charge is 0.172 e. The summed E-state index contributed by atoms with van der Waals surface area (Å²) >= 11 is 8.02. The number of para-hydroxylation sites is 1. The molecule has 0 aliphatic heterocycles. The van der Waals surface area contributed by atoms with Crippen LogP contribution in [0.25, 0.3) is 16.6 Å². The number of rotatable bonds is 8. The lowest BCUT2D eigenvalue weighted by Gasteiger charge is -2.15. The van der Waals surface area contributed by atoms with E-state index >= 15 is 0 Å². The molecule has 0 saturated heterocycles. The van der Waals surface area contributed by atoms with Gasteiger partial charge in [-0.2, -0.15) is 0 Å². The van der Waals surface area contributed by atoms with E-state index < -0.39 is 0 Å². The Labute approximate surface area is 202 Å². The van der Waals surface area contributed by atoms with Gasteiger partial charge in [0.2, 0.25) is 0 Å². The highest BCUT2D eigenvalue weighted by molar-refractivity contribution is 7.99. The molecule has 1 N–H and O–H groups in total. The van der Waals surface area contributed by atoms with Crippen molar-refractivity contribution in [3.8, 4) is 5.75 Å². The summed E-state index contributed by atoms with van der Waals surface area (Å²) < 4.78 is 8.23. The van der Waals surface area contributed by atoms with Crippen LogP contribution in [-0.2, 0) is 13.7 Å². The van der Waals surface area contributed by atoms with E-state index in [1.54, 1.807) is 24.7 Å².